The second kappa shape index (κ2) is 10.2. The number of hydrogen-bond donors (Lipinski definition) is 0. The SMILES string of the molecule is c1ccc(-c2nc3c(ccc4c5cc6ccccc6c(-c6cccc(N(c7ccccc7)c7ccccc7)c6)c5oc43)o2)cc1. The van der Waals surface area contributed by atoms with E-state index in [4.69, 9.17) is 13.8 Å². The summed E-state index contributed by atoms with van der Waals surface area (Å²) in [5.41, 5.74) is 9.32. The fourth-order valence-corrected chi connectivity index (χ4v) is 6.41. The molecule has 4 heteroatoms. The van der Waals surface area contributed by atoms with Gasteiger partial charge in [-0.25, -0.2) is 4.98 Å². The maximum Gasteiger partial charge on any atom is 0.227 e. The van der Waals surface area contributed by atoms with Crippen LogP contribution in [0, 0.1) is 0 Å². The molecule has 0 fully saturated rings. The van der Waals surface area contributed by atoms with Crippen molar-refractivity contribution in [2.45, 2.75) is 0 Å². The first-order chi connectivity index (χ1) is 22.3. The molecule has 45 heavy (non-hydrogen) atoms. The molecule has 0 bridgehead atoms. The summed E-state index contributed by atoms with van der Waals surface area (Å²) in [7, 11) is 0. The molecular weight excluding hydrogens is 552 g/mol. The summed E-state index contributed by atoms with van der Waals surface area (Å²) < 4.78 is 13.0. The van der Waals surface area contributed by atoms with Crippen LogP contribution in [0.1, 0.15) is 0 Å². The van der Waals surface area contributed by atoms with Gasteiger partial charge < -0.3 is 13.7 Å². The third-order valence-corrected chi connectivity index (χ3v) is 8.45. The zero-order valence-electron chi connectivity index (χ0n) is 24.2. The predicted molar refractivity (Wildman–Crippen MR) is 184 cm³/mol. The number of furan rings is 1. The van der Waals surface area contributed by atoms with E-state index in [1.807, 2.05) is 48.5 Å². The maximum atomic E-state index is 6.84. The number of anilines is 3. The summed E-state index contributed by atoms with van der Waals surface area (Å²) in [4.78, 5) is 7.20. The van der Waals surface area contributed by atoms with Gasteiger partial charge in [0.2, 0.25) is 5.89 Å². The van der Waals surface area contributed by atoms with Gasteiger partial charge in [0.1, 0.15) is 5.58 Å². The zero-order valence-corrected chi connectivity index (χ0v) is 24.2. The van der Waals surface area contributed by atoms with Crippen molar-refractivity contribution in [2.75, 3.05) is 4.90 Å². The highest BCUT2D eigenvalue weighted by Gasteiger charge is 2.21. The van der Waals surface area contributed by atoms with Crippen molar-refractivity contribution in [1.29, 1.82) is 0 Å². The maximum absolute atomic E-state index is 6.84. The van der Waals surface area contributed by atoms with Gasteiger partial charge in [-0.2, -0.15) is 0 Å². The van der Waals surface area contributed by atoms with E-state index in [9.17, 15) is 0 Å². The molecule has 2 heterocycles. The molecule has 9 rings (SSSR count). The van der Waals surface area contributed by atoms with E-state index in [-0.39, 0.29) is 0 Å². The van der Waals surface area contributed by atoms with Crippen molar-refractivity contribution >= 4 is 60.9 Å². The molecule has 0 spiro atoms. The molecule has 0 aliphatic heterocycles. The molecule has 212 valence electrons. The van der Waals surface area contributed by atoms with E-state index in [0.717, 1.165) is 72.0 Å². The number of nitrogens with zero attached hydrogens (tertiary/aromatic N) is 2. The third kappa shape index (κ3) is 4.19. The van der Waals surface area contributed by atoms with Gasteiger partial charge in [-0.1, -0.05) is 91.0 Å². The quantitative estimate of drug-likeness (QED) is 0.204. The Morgan fingerprint density at radius 2 is 1.09 bits per heavy atom. The standard InChI is InChI=1S/C41H26N2O2/c1-4-13-27(14-5-1)41-42-38-36(44-41)24-23-34-35-26-28-15-10-11-22-33(28)37(39(35)45-40(34)38)29-16-12-21-32(25-29)43(30-17-6-2-7-18-30)31-19-8-3-9-20-31/h1-26H. The van der Waals surface area contributed by atoms with Gasteiger partial charge in [0.25, 0.3) is 0 Å². The molecule has 0 unspecified atom stereocenters. The lowest BCUT2D eigenvalue weighted by atomic mass is 9.94. The van der Waals surface area contributed by atoms with Crippen LogP contribution in [0.3, 0.4) is 0 Å². The van der Waals surface area contributed by atoms with E-state index >= 15 is 0 Å². The number of fused-ring (bicyclic) bond motifs is 6. The predicted octanol–water partition coefficient (Wildman–Crippen LogP) is 11.7. The minimum atomic E-state index is 0.582. The number of aromatic nitrogens is 1. The first kappa shape index (κ1) is 25.4. The number of rotatable bonds is 5. The van der Waals surface area contributed by atoms with Gasteiger partial charge in [0.05, 0.1) is 0 Å². The molecule has 0 aliphatic carbocycles. The molecule has 7 aromatic carbocycles. The zero-order chi connectivity index (χ0) is 29.7. The Labute approximate surface area is 259 Å². The lowest BCUT2D eigenvalue weighted by Gasteiger charge is -2.26. The second-order valence-electron chi connectivity index (χ2n) is 11.2. The fourth-order valence-electron chi connectivity index (χ4n) is 6.41. The lowest BCUT2D eigenvalue weighted by Crippen LogP contribution is -2.09. The van der Waals surface area contributed by atoms with Crippen LogP contribution in [0.15, 0.2) is 167 Å². The van der Waals surface area contributed by atoms with Crippen molar-refractivity contribution in [3.8, 4) is 22.6 Å². The van der Waals surface area contributed by atoms with Crippen LogP contribution in [0.25, 0.3) is 66.4 Å². The molecule has 0 saturated carbocycles. The van der Waals surface area contributed by atoms with Gasteiger partial charge >= 0.3 is 0 Å². The normalized spacial score (nSPS) is 11.6. The molecule has 0 aliphatic rings. The van der Waals surface area contributed by atoms with Crippen LogP contribution in [-0.2, 0) is 0 Å². The summed E-state index contributed by atoms with van der Waals surface area (Å²) in [6.45, 7) is 0. The number of benzene rings is 7. The molecule has 0 amide bonds. The molecule has 0 radical (unpaired) electrons. The molecule has 9 aromatic rings. The summed E-state index contributed by atoms with van der Waals surface area (Å²) in [5, 5.41) is 4.36. The minimum absolute atomic E-state index is 0.582. The molecule has 0 saturated heterocycles. The van der Waals surface area contributed by atoms with Crippen LogP contribution in [0.4, 0.5) is 17.1 Å². The van der Waals surface area contributed by atoms with Crippen molar-refractivity contribution < 1.29 is 8.83 Å². The Hall–Kier alpha value is -6.13. The van der Waals surface area contributed by atoms with Crippen LogP contribution in [0.2, 0.25) is 0 Å². The lowest BCUT2D eigenvalue weighted by molar-refractivity contribution is 0.620. The second-order valence-corrected chi connectivity index (χ2v) is 11.2. The van der Waals surface area contributed by atoms with Gasteiger partial charge in [-0.05, 0) is 83.1 Å². The highest BCUT2D eigenvalue weighted by Crippen LogP contribution is 2.44. The summed E-state index contributed by atoms with van der Waals surface area (Å²) in [5.74, 6) is 0.582. The van der Waals surface area contributed by atoms with Crippen LogP contribution in [-0.4, -0.2) is 4.98 Å². The van der Waals surface area contributed by atoms with Gasteiger partial charge in [-0.3, -0.25) is 0 Å². The smallest absolute Gasteiger partial charge is 0.227 e. The van der Waals surface area contributed by atoms with Gasteiger partial charge in [-0.15, -0.1) is 0 Å². The monoisotopic (exact) mass is 578 g/mol. The van der Waals surface area contributed by atoms with Gasteiger partial charge in [0.15, 0.2) is 16.7 Å². The summed E-state index contributed by atoms with van der Waals surface area (Å²) in [6.07, 6.45) is 0. The molecule has 0 N–H and O–H groups in total. The Morgan fingerprint density at radius 3 is 1.84 bits per heavy atom. The van der Waals surface area contributed by atoms with E-state index in [1.165, 1.54) is 0 Å². The van der Waals surface area contributed by atoms with Crippen LogP contribution >= 0.6 is 0 Å². The van der Waals surface area contributed by atoms with E-state index < -0.39 is 0 Å². The van der Waals surface area contributed by atoms with Crippen LogP contribution < -0.4 is 4.90 Å². The third-order valence-electron chi connectivity index (χ3n) is 8.45. The Morgan fingerprint density at radius 1 is 0.444 bits per heavy atom. The Balaban J connectivity index is 1.30. The van der Waals surface area contributed by atoms with E-state index in [2.05, 4.69) is 114 Å². The van der Waals surface area contributed by atoms with Crippen LogP contribution in [0.5, 0.6) is 0 Å². The molecule has 4 nitrogen and oxygen atoms in total. The first-order valence-electron chi connectivity index (χ1n) is 15.1. The number of hydrogen-bond acceptors (Lipinski definition) is 4. The number of oxazole rings is 1. The Bertz CT molecular complexity index is 2440. The van der Waals surface area contributed by atoms with E-state index in [0.29, 0.717) is 11.5 Å². The molecular formula is C41H26N2O2. The molecule has 2 aromatic heterocycles. The first-order valence-corrected chi connectivity index (χ1v) is 15.1. The average Bonchev–Trinajstić information content (AvgIpc) is 3.71. The van der Waals surface area contributed by atoms with Crippen molar-refractivity contribution in [3.05, 3.63) is 158 Å². The topological polar surface area (TPSA) is 42.4 Å². The summed E-state index contributed by atoms with van der Waals surface area (Å²) >= 11 is 0. The summed E-state index contributed by atoms with van der Waals surface area (Å²) in [6, 6.07) is 54.5. The largest absolute Gasteiger partial charge is 0.453 e. The highest BCUT2D eigenvalue weighted by atomic mass is 16.4. The van der Waals surface area contributed by atoms with Gasteiger partial charge in [0, 0.05) is 39.0 Å². The minimum Gasteiger partial charge on any atom is -0.453 e. The highest BCUT2D eigenvalue weighted by molar-refractivity contribution is 6.21. The average molecular weight is 579 g/mol. The fraction of sp³-hybridized carbons (Fsp3) is 0. The van der Waals surface area contributed by atoms with Crippen molar-refractivity contribution in [3.63, 3.8) is 0 Å². The Kier molecular flexibility index (Phi) is 5.78. The number of para-hydroxylation sites is 2. The van der Waals surface area contributed by atoms with Crippen molar-refractivity contribution in [2.24, 2.45) is 0 Å². The van der Waals surface area contributed by atoms with E-state index in [1.54, 1.807) is 0 Å². The van der Waals surface area contributed by atoms with Crippen molar-refractivity contribution in [1.82, 2.24) is 4.98 Å². The molecule has 0 atom stereocenters.